The van der Waals surface area contributed by atoms with Crippen LogP contribution in [0.5, 0.6) is 0 Å². The van der Waals surface area contributed by atoms with Crippen LogP contribution in [0.25, 0.3) is 0 Å². The molecule has 1 saturated carbocycles. The van der Waals surface area contributed by atoms with Gasteiger partial charge in [0.05, 0.1) is 5.69 Å². The molecule has 3 nitrogen and oxygen atoms in total. The van der Waals surface area contributed by atoms with Gasteiger partial charge < -0.3 is 0 Å². The second-order valence-electron chi connectivity index (χ2n) is 4.04. The first-order valence-corrected chi connectivity index (χ1v) is 5.19. The highest BCUT2D eigenvalue weighted by molar-refractivity contribution is 5.86. The third kappa shape index (κ3) is 1.27. The average molecular weight is 192 g/mol. The van der Waals surface area contributed by atoms with E-state index in [2.05, 4.69) is 18.9 Å². The minimum absolute atomic E-state index is 0.387. The third-order valence-electron chi connectivity index (χ3n) is 3.09. The zero-order valence-electron chi connectivity index (χ0n) is 9.00. The summed E-state index contributed by atoms with van der Waals surface area (Å²) in [6.07, 6.45) is 1.44. The highest BCUT2D eigenvalue weighted by Crippen LogP contribution is 2.36. The number of nitrogens with zero attached hydrogens (tertiary/aromatic N) is 2. The standard InChI is InChI=1S/C11H16N2O/c1-4-13-8(3)11(7(2)12-13)9-5-10(14)6-9/h9H,4-6H2,1-3H3. The van der Waals surface area contributed by atoms with E-state index in [1.807, 2.05) is 11.6 Å². The molecule has 0 spiro atoms. The monoisotopic (exact) mass is 192 g/mol. The van der Waals surface area contributed by atoms with Gasteiger partial charge in [-0.1, -0.05) is 0 Å². The maximum Gasteiger partial charge on any atom is 0.134 e. The highest BCUT2D eigenvalue weighted by atomic mass is 16.1. The number of Topliss-reactive ketones (excluding diaryl/α,β-unsaturated/α-hetero) is 1. The van der Waals surface area contributed by atoms with Crippen molar-refractivity contribution in [2.75, 3.05) is 0 Å². The van der Waals surface area contributed by atoms with Crippen molar-refractivity contribution in [2.24, 2.45) is 0 Å². The number of aryl methyl sites for hydroxylation is 2. The summed E-state index contributed by atoms with van der Waals surface area (Å²) in [5.74, 6) is 0.834. The van der Waals surface area contributed by atoms with Crippen LogP contribution in [0.3, 0.4) is 0 Å². The van der Waals surface area contributed by atoms with Crippen LogP contribution in [0.15, 0.2) is 0 Å². The lowest BCUT2D eigenvalue weighted by Gasteiger charge is -2.24. The summed E-state index contributed by atoms with van der Waals surface area (Å²) in [5, 5.41) is 4.46. The molecule has 1 aliphatic carbocycles. The molecule has 76 valence electrons. The maximum absolute atomic E-state index is 11.0. The van der Waals surface area contributed by atoms with Gasteiger partial charge in [-0.3, -0.25) is 9.48 Å². The summed E-state index contributed by atoms with van der Waals surface area (Å²) in [7, 11) is 0. The van der Waals surface area contributed by atoms with Crippen LogP contribution in [0.2, 0.25) is 0 Å². The maximum atomic E-state index is 11.0. The van der Waals surface area contributed by atoms with E-state index in [9.17, 15) is 4.79 Å². The first-order chi connectivity index (χ1) is 6.63. The Hall–Kier alpha value is -1.12. The molecule has 0 radical (unpaired) electrons. The van der Waals surface area contributed by atoms with E-state index in [0.717, 1.165) is 25.1 Å². The van der Waals surface area contributed by atoms with Crippen molar-refractivity contribution in [1.82, 2.24) is 9.78 Å². The molecule has 0 unspecified atom stereocenters. The predicted molar refractivity (Wildman–Crippen MR) is 54.4 cm³/mol. The first-order valence-electron chi connectivity index (χ1n) is 5.19. The molecule has 1 aromatic heterocycles. The van der Waals surface area contributed by atoms with Crippen LogP contribution < -0.4 is 0 Å². The number of ketones is 1. The Bertz CT molecular complexity index is 371. The number of carbonyl (C=O) groups excluding carboxylic acids is 1. The van der Waals surface area contributed by atoms with Crippen LogP contribution in [0, 0.1) is 13.8 Å². The number of rotatable bonds is 2. The second-order valence-corrected chi connectivity index (χ2v) is 4.04. The topological polar surface area (TPSA) is 34.9 Å². The molecule has 0 atom stereocenters. The minimum atomic E-state index is 0.387. The van der Waals surface area contributed by atoms with Crippen molar-refractivity contribution in [3.8, 4) is 0 Å². The average Bonchev–Trinajstić information content (AvgIpc) is 2.37. The molecule has 1 aliphatic rings. The van der Waals surface area contributed by atoms with Gasteiger partial charge in [0.1, 0.15) is 5.78 Å². The quantitative estimate of drug-likeness (QED) is 0.718. The summed E-state index contributed by atoms with van der Waals surface area (Å²) >= 11 is 0. The zero-order valence-corrected chi connectivity index (χ0v) is 9.00. The number of hydrogen-bond acceptors (Lipinski definition) is 2. The van der Waals surface area contributed by atoms with Gasteiger partial charge in [-0.25, -0.2) is 0 Å². The van der Waals surface area contributed by atoms with Gasteiger partial charge in [-0.2, -0.15) is 5.10 Å². The van der Waals surface area contributed by atoms with Gasteiger partial charge in [0.25, 0.3) is 0 Å². The summed E-state index contributed by atoms with van der Waals surface area (Å²) < 4.78 is 2.02. The largest absolute Gasteiger partial charge is 0.300 e. The number of hydrogen-bond donors (Lipinski definition) is 0. The fraction of sp³-hybridized carbons (Fsp3) is 0.636. The van der Waals surface area contributed by atoms with Crippen LogP contribution in [0.1, 0.15) is 42.6 Å². The molecule has 0 amide bonds. The van der Waals surface area contributed by atoms with Crippen molar-refractivity contribution < 1.29 is 4.79 Å². The Kier molecular flexibility index (Phi) is 2.17. The van der Waals surface area contributed by atoms with Gasteiger partial charge in [0, 0.05) is 31.0 Å². The Balaban J connectivity index is 2.33. The molecule has 0 bridgehead atoms. The third-order valence-corrected chi connectivity index (χ3v) is 3.09. The van der Waals surface area contributed by atoms with Crippen LogP contribution in [-0.4, -0.2) is 15.6 Å². The molecule has 0 saturated heterocycles. The molecular weight excluding hydrogens is 176 g/mol. The Morgan fingerprint density at radius 1 is 1.43 bits per heavy atom. The predicted octanol–water partition coefficient (Wildman–Crippen LogP) is 1.97. The fourth-order valence-corrected chi connectivity index (χ4v) is 2.30. The lowest BCUT2D eigenvalue weighted by Crippen LogP contribution is -2.22. The van der Waals surface area contributed by atoms with Crippen LogP contribution in [-0.2, 0) is 11.3 Å². The smallest absolute Gasteiger partial charge is 0.134 e. The van der Waals surface area contributed by atoms with Crippen molar-refractivity contribution in [3.05, 3.63) is 17.0 Å². The normalized spacial score (nSPS) is 17.2. The lowest BCUT2D eigenvalue weighted by atomic mass is 9.78. The SMILES string of the molecule is CCn1nc(C)c(C2CC(=O)C2)c1C. The molecule has 2 rings (SSSR count). The van der Waals surface area contributed by atoms with Crippen molar-refractivity contribution >= 4 is 5.78 Å². The first kappa shape index (κ1) is 9.44. The van der Waals surface area contributed by atoms with E-state index < -0.39 is 0 Å². The van der Waals surface area contributed by atoms with E-state index in [4.69, 9.17) is 0 Å². The molecular formula is C11H16N2O. The van der Waals surface area contributed by atoms with Crippen molar-refractivity contribution in [3.63, 3.8) is 0 Å². The van der Waals surface area contributed by atoms with Gasteiger partial charge >= 0.3 is 0 Å². The summed E-state index contributed by atoms with van der Waals surface area (Å²) in [6.45, 7) is 7.14. The molecule has 0 N–H and O–H groups in total. The van der Waals surface area contributed by atoms with Crippen LogP contribution in [0.4, 0.5) is 0 Å². The summed E-state index contributed by atoms with van der Waals surface area (Å²) in [4.78, 5) is 11.0. The summed E-state index contributed by atoms with van der Waals surface area (Å²) in [6, 6.07) is 0. The molecule has 3 heteroatoms. The van der Waals surface area contributed by atoms with Crippen molar-refractivity contribution in [1.29, 1.82) is 0 Å². The van der Waals surface area contributed by atoms with Crippen molar-refractivity contribution in [2.45, 2.75) is 46.1 Å². The second kappa shape index (κ2) is 3.23. The number of aromatic nitrogens is 2. The highest BCUT2D eigenvalue weighted by Gasteiger charge is 2.31. The minimum Gasteiger partial charge on any atom is -0.300 e. The molecule has 14 heavy (non-hydrogen) atoms. The van der Waals surface area contributed by atoms with E-state index in [1.165, 1.54) is 11.3 Å². The molecule has 0 aromatic carbocycles. The Labute approximate surface area is 84.1 Å². The van der Waals surface area contributed by atoms with E-state index in [-0.39, 0.29) is 0 Å². The fourth-order valence-electron chi connectivity index (χ4n) is 2.30. The number of carbonyl (C=O) groups is 1. The van der Waals surface area contributed by atoms with Gasteiger partial charge in [-0.05, 0) is 26.3 Å². The Morgan fingerprint density at radius 2 is 2.07 bits per heavy atom. The molecule has 0 aliphatic heterocycles. The molecule has 1 fully saturated rings. The molecule has 1 aromatic rings. The van der Waals surface area contributed by atoms with E-state index in [0.29, 0.717) is 11.7 Å². The lowest BCUT2D eigenvalue weighted by molar-refractivity contribution is -0.124. The van der Waals surface area contributed by atoms with E-state index in [1.54, 1.807) is 0 Å². The molecule has 1 heterocycles. The van der Waals surface area contributed by atoms with Gasteiger partial charge in [0.15, 0.2) is 0 Å². The van der Waals surface area contributed by atoms with Gasteiger partial charge in [0.2, 0.25) is 0 Å². The zero-order chi connectivity index (χ0) is 10.3. The van der Waals surface area contributed by atoms with E-state index >= 15 is 0 Å². The summed E-state index contributed by atoms with van der Waals surface area (Å²) in [5.41, 5.74) is 3.65. The van der Waals surface area contributed by atoms with Crippen LogP contribution >= 0.6 is 0 Å². The van der Waals surface area contributed by atoms with Gasteiger partial charge in [-0.15, -0.1) is 0 Å². The Morgan fingerprint density at radius 3 is 2.50 bits per heavy atom.